The first-order chi connectivity index (χ1) is 8.56. The van der Waals surface area contributed by atoms with Crippen LogP contribution in [0.5, 0.6) is 0 Å². The van der Waals surface area contributed by atoms with Crippen LogP contribution in [0.1, 0.15) is 21.6 Å². The summed E-state index contributed by atoms with van der Waals surface area (Å²) in [5, 5.41) is 12.2. The molecule has 0 unspecified atom stereocenters. The zero-order valence-electron chi connectivity index (χ0n) is 10.3. The largest absolute Gasteiger partial charge is 0.478 e. The van der Waals surface area contributed by atoms with Gasteiger partial charge in [0.2, 0.25) is 0 Å². The van der Waals surface area contributed by atoms with E-state index in [-0.39, 0.29) is 5.56 Å². The molecular weight excluding hydrogens is 228 g/mol. The number of benzene rings is 1. The number of aromatic carboxylic acids is 1. The lowest BCUT2D eigenvalue weighted by atomic mass is 10.2. The highest BCUT2D eigenvalue weighted by atomic mass is 16.4. The topological polar surface area (TPSA) is 62.2 Å². The summed E-state index contributed by atoms with van der Waals surface area (Å²) in [4.78, 5) is 15.1. The second kappa shape index (κ2) is 4.87. The van der Waals surface area contributed by atoms with Crippen molar-refractivity contribution >= 4 is 17.3 Å². The molecule has 0 saturated heterocycles. The molecule has 4 nitrogen and oxygen atoms in total. The van der Waals surface area contributed by atoms with Crippen molar-refractivity contribution in [1.82, 2.24) is 4.98 Å². The van der Waals surface area contributed by atoms with Crippen molar-refractivity contribution in [1.29, 1.82) is 0 Å². The summed E-state index contributed by atoms with van der Waals surface area (Å²) in [6.45, 7) is 3.81. The van der Waals surface area contributed by atoms with Crippen molar-refractivity contribution in [2.24, 2.45) is 0 Å². The van der Waals surface area contributed by atoms with E-state index >= 15 is 0 Å². The summed E-state index contributed by atoms with van der Waals surface area (Å²) in [6.07, 6.45) is 1.37. The molecule has 2 N–H and O–H groups in total. The Morgan fingerprint density at radius 1 is 1.28 bits per heavy atom. The standard InChI is InChI=1S/C14H14N2O2/c1-9-4-3-5-11(6-9)16-13-7-10(2)15-8-12(13)14(17)18/h3-8H,1-2H3,(H,15,16)(H,17,18). The van der Waals surface area contributed by atoms with Gasteiger partial charge in [-0.3, -0.25) is 4.98 Å². The van der Waals surface area contributed by atoms with Gasteiger partial charge in [-0.25, -0.2) is 4.79 Å². The molecule has 0 radical (unpaired) electrons. The van der Waals surface area contributed by atoms with E-state index < -0.39 is 5.97 Å². The lowest BCUT2D eigenvalue weighted by Gasteiger charge is -2.10. The van der Waals surface area contributed by atoms with Gasteiger partial charge in [0.15, 0.2) is 0 Å². The predicted molar refractivity (Wildman–Crippen MR) is 70.4 cm³/mol. The normalized spacial score (nSPS) is 10.1. The Morgan fingerprint density at radius 3 is 2.72 bits per heavy atom. The molecule has 0 aliphatic heterocycles. The van der Waals surface area contributed by atoms with Gasteiger partial charge in [-0.15, -0.1) is 0 Å². The van der Waals surface area contributed by atoms with E-state index in [2.05, 4.69) is 10.3 Å². The van der Waals surface area contributed by atoms with Crippen molar-refractivity contribution in [2.75, 3.05) is 5.32 Å². The SMILES string of the molecule is Cc1cccc(Nc2cc(C)ncc2C(=O)O)c1. The number of pyridine rings is 1. The number of carboxylic acids is 1. The first-order valence-corrected chi connectivity index (χ1v) is 5.60. The van der Waals surface area contributed by atoms with Crippen LogP contribution in [-0.2, 0) is 0 Å². The van der Waals surface area contributed by atoms with Crippen molar-refractivity contribution in [2.45, 2.75) is 13.8 Å². The van der Waals surface area contributed by atoms with Gasteiger partial charge in [0.1, 0.15) is 5.56 Å². The summed E-state index contributed by atoms with van der Waals surface area (Å²) in [6, 6.07) is 9.49. The van der Waals surface area contributed by atoms with Crippen molar-refractivity contribution in [3.8, 4) is 0 Å². The van der Waals surface area contributed by atoms with Gasteiger partial charge in [-0.1, -0.05) is 12.1 Å². The molecule has 2 rings (SSSR count). The molecule has 0 fully saturated rings. The Kier molecular flexibility index (Phi) is 3.28. The molecule has 0 bridgehead atoms. The maximum atomic E-state index is 11.1. The van der Waals surface area contributed by atoms with Crippen LogP contribution in [0.2, 0.25) is 0 Å². The predicted octanol–water partition coefficient (Wildman–Crippen LogP) is 3.14. The van der Waals surface area contributed by atoms with E-state index in [0.29, 0.717) is 5.69 Å². The molecule has 0 saturated carbocycles. The summed E-state index contributed by atoms with van der Waals surface area (Å²) >= 11 is 0. The minimum atomic E-state index is -0.988. The second-order valence-corrected chi connectivity index (χ2v) is 4.17. The molecule has 0 amide bonds. The van der Waals surface area contributed by atoms with Gasteiger partial charge >= 0.3 is 5.97 Å². The van der Waals surface area contributed by atoms with Crippen LogP contribution in [0.3, 0.4) is 0 Å². The van der Waals surface area contributed by atoms with Gasteiger partial charge in [0.05, 0.1) is 5.69 Å². The number of carboxylic acid groups (broad SMARTS) is 1. The third-order valence-corrected chi connectivity index (χ3v) is 2.57. The summed E-state index contributed by atoms with van der Waals surface area (Å²) in [5.74, 6) is -0.988. The Balaban J connectivity index is 2.39. The first-order valence-electron chi connectivity index (χ1n) is 5.60. The van der Waals surface area contributed by atoms with Gasteiger partial charge in [-0.2, -0.15) is 0 Å². The fourth-order valence-electron chi connectivity index (χ4n) is 1.71. The molecule has 92 valence electrons. The third kappa shape index (κ3) is 2.66. The van der Waals surface area contributed by atoms with Crippen LogP contribution in [0, 0.1) is 13.8 Å². The minimum Gasteiger partial charge on any atom is -0.478 e. The third-order valence-electron chi connectivity index (χ3n) is 2.57. The van der Waals surface area contributed by atoms with E-state index in [9.17, 15) is 4.79 Å². The van der Waals surface area contributed by atoms with E-state index in [1.165, 1.54) is 6.20 Å². The Hall–Kier alpha value is -2.36. The number of carbonyl (C=O) groups is 1. The highest BCUT2D eigenvalue weighted by Gasteiger charge is 2.11. The second-order valence-electron chi connectivity index (χ2n) is 4.17. The number of anilines is 2. The molecule has 1 aromatic carbocycles. The monoisotopic (exact) mass is 242 g/mol. The van der Waals surface area contributed by atoms with Crippen LogP contribution in [0.15, 0.2) is 36.5 Å². The average Bonchev–Trinajstić information content (AvgIpc) is 2.28. The van der Waals surface area contributed by atoms with Gasteiger partial charge in [0, 0.05) is 17.6 Å². The van der Waals surface area contributed by atoms with E-state index in [4.69, 9.17) is 5.11 Å². The van der Waals surface area contributed by atoms with Gasteiger partial charge in [-0.05, 0) is 37.6 Å². The molecule has 0 atom stereocenters. The van der Waals surface area contributed by atoms with Crippen LogP contribution in [0.4, 0.5) is 11.4 Å². The quantitative estimate of drug-likeness (QED) is 0.868. The number of nitrogens with one attached hydrogen (secondary N) is 1. The van der Waals surface area contributed by atoms with Gasteiger partial charge in [0.25, 0.3) is 0 Å². The Morgan fingerprint density at radius 2 is 2.06 bits per heavy atom. The lowest BCUT2D eigenvalue weighted by Crippen LogP contribution is -2.04. The zero-order chi connectivity index (χ0) is 13.1. The van der Waals surface area contributed by atoms with Crippen molar-refractivity contribution in [3.63, 3.8) is 0 Å². The van der Waals surface area contributed by atoms with Gasteiger partial charge < -0.3 is 10.4 Å². The number of rotatable bonds is 3. The van der Waals surface area contributed by atoms with Crippen LogP contribution in [-0.4, -0.2) is 16.1 Å². The van der Waals surface area contributed by atoms with Crippen LogP contribution in [0.25, 0.3) is 0 Å². The van der Waals surface area contributed by atoms with E-state index in [1.54, 1.807) is 6.07 Å². The maximum absolute atomic E-state index is 11.1. The molecule has 0 spiro atoms. The number of aromatic nitrogens is 1. The van der Waals surface area contributed by atoms with Crippen LogP contribution >= 0.6 is 0 Å². The van der Waals surface area contributed by atoms with Crippen molar-refractivity contribution < 1.29 is 9.90 Å². The molecular formula is C14H14N2O2. The molecule has 0 aliphatic carbocycles. The van der Waals surface area contributed by atoms with Crippen molar-refractivity contribution in [3.05, 3.63) is 53.3 Å². The summed E-state index contributed by atoms with van der Waals surface area (Å²) in [5.41, 5.74) is 3.48. The Bertz CT molecular complexity index is 594. The van der Waals surface area contributed by atoms with E-state index in [1.807, 2.05) is 38.1 Å². The smallest absolute Gasteiger partial charge is 0.339 e. The van der Waals surface area contributed by atoms with E-state index in [0.717, 1.165) is 16.9 Å². The summed E-state index contributed by atoms with van der Waals surface area (Å²) in [7, 11) is 0. The molecule has 4 heteroatoms. The number of hydrogen-bond acceptors (Lipinski definition) is 3. The average molecular weight is 242 g/mol. The zero-order valence-corrected chi connectivity index (χ0v) is 10.3. The molecule has 0 aliphatic rings. The number of aryl methyl sites for hydroxylation is 2. The highest BCUT2D eigenvalue weighted by molar-refractivity contribution is 5.94. The highest BCUT2D eigenvalue weighted by Crippen LogP contribution is 2.21. The van der Waals surface area contributed by atoms with Crippen LogP contribution < -0.4 is 5.32 Å². The Labute approximate surface area is 105 Å². The molecule has 1 heterocycles. The first kappa shape index (κ1) is 12.1. The molecule has 18 heavy (non-hydrogen) atoms. The number of hydrogen-bond donors (Lipinski definition) is 2. The molecule has 2 aromatic rings. The minimum absolute atomic E-state index is 0.169. The maximum Gasteiger partial charge on any atom is 0.339 e. The number of nitrogens with zero attached hydrogens (tertiary/aromatic N) is 1. The lowest BCUT2D eigenvalue weighted by molar-refractivity contribution is 0.0697. The fraction of sp³-hybridized carbons (Fsp3) is 0.143. The summed E-state index contributed by atoms with van der Waals surface area (Å²) < 4.78 is 0. The fourth-order valence-corrected chi connectivity index (χ4v) is 1.71. The molecule has 1 aromatic heterocycles.